The Labute approximate surface area is 134 Å². The van der Waals surface area contributed by atoms with Gasteiger partial charge in [-0.3, -0.25) is 9.59 Å². The maximum absolute atomic E-state index is 12.5. The Kier molecular flexibility index (Phi) is 4.63. The molecule has 0 saturated carbocycles. The second kappa shape index (κ2) is 6.32. The van der Waals surface area contributed by atoms with Crippen LogP contribution in [0.3, 0.4) is 0 Å². The van der Waals surface area contributed by atoms with E-state index >= 15 is 0 Å². The number of carboxylic acid groups (broad SMARTS) is 1. The van der Waals surface area contributed by atoms with Gasteiger partial charge in [0.1, 0.15) is 11.4 Å². The number of aromatic nitrogens is 1. The smallest absolute Gasteiger partial charge is 0.305 e. The first-order valence-corrected chi connectivity index (χ1v) is 7.46. The van der Waals surface area contributed by atoms with Gasteiger partial charge in [-0.15, -0.1) is 0 Å². The van der Waals surface area contributed by atoms with Gasteiger partial charge in [0.25, 0.3) is 5.91 Å². The van der Waals surface area contributed by atoms with Crippen LogP contribution in [0.5, 0.6) is 5.75 Å². The molecule has 6 heteroatoms. The Morgan fingerprint density at radius 3 is 2.61 bits per heavy atom. The average molecular weight is 318 g/mol. The van der Waals surface area contributed by atoms with Crippen LogP contribution >= 0.6 is 0 Å². The first-order chi connectivity index (χ1) is 10.7. The summed E-state index contributed by atoms with van der Waals surface area (Å²) in [5.74, 6) is -0.575. The zero-order valence-electron chi connectivity index (χ0n) is 13.8. The molecule has 0 aliphatic heterocycles. The molecule has 1 aromatic carbocycles. The fourth-order valence-electron chi connectivity index (χ4n) is 2.39. The van der Waals surface area contributed by atoms with E-state index in [4.69, 9.17) is 9.84 Å². The van der Waals surface area contributed by atoms with Crippen LogP contribution in [0, 0.1) is 5.92 Å². The van der Waals surface area contributed by atoms with E-state index in [2.05, 4.69) is 10.3 Å². The lowest BCUT2D eigenvalue weighted by molar-refractivity contribution is -0.138. The van der Waals surface area contributed by atoms with Crippen LogP contribution in [-0.2, 0) is 4.79 Å². The Bertz CT molecular complexity index is 735. The number of carboxylic acids is 1. The molecule has 0 saturated heterocycles. The number of carbonyl (C=O) groups is 2. The molecular weight excluding hydrogens is 296 g/mol. The predicted octanol–water partition coefficient (Wildman–Crippen LogP) is 2.80. The fraction of sp³-hybridized carbons (Fsp3) is 0.412. The highest BCUT2D eigenvalue weighted by Crippen LogP contribution is 2.24. The third-order valence-corrected chi connectivity index (χ3v) is 4.26. The first-order valence-electron chi connectivity index (χ1n) is 7.46. The van der Waals surface area contributed by atoms with Gasteiger partial charge in [0.2, 0.25) is 0 Å². The van der Waals surface area contributed by atoms with Crippen molar-refractivity contribution in [3.05, 3.63) is 30.0 Å². The molecule has 0 spiro atoms. The lowest BCUT2D eigenvalue weighted by Crippen LogP contribution is -2.51. The van der Waals surface area contributed by atoms with Gasteiger partial charge in [-0.05, 0) is 37.1 Å². The number of hydrogen-bond donors (Lipinski definition) is 3. The van der Waals surface area contributed by atoms with E-state index in [1.165, 1.54) is 0 Å². The predicted molar refractivity (Wildman–Crippen MR) is 87.8 cm³/mol. The van der Waals surface area contributed by atoms with Crippen LogP contribution in [0.25, 0.3) is 10.9 Å². The quantitative estimate of drug-likeness (QED) is 0.763. The normalized spacial score (nSPS) is 13.8. The summed E-state index contributed by atoms with van der Waals surface area (Å²) < 4.78 is 5.17. The standard InChI is InChI=1S/C17H22N2O4/c1-10(2)17(3,9-15(20)21)19-16(22)14-8-11-7-12(23-4)5-6-13(11)18-14/h5-8,10,18H,9H2,1-4H3,(H,19,22)(H,20,21). The maximum atomic E-state index is 12.5. The molecule has 0 bridgehead atoms. The molecule has 1 aromatic heterocycles. The summed E-state index contributed by atoms with van der Waals surface area (Å²) in [5.41, 5.74) is 0.392. The number of nitrogens with one attached hydrogen (secondary N) is 2. The third-order valence-electron chi connectivity index (χ3n) is 4.26. The summed E-state index contributed by atoms with van der Waals surface area (Å²) in [6, 6.07) is 7.21. The molecule has 0 radical (unpaired) electrons. The molecule has 2 rings (SSSR count). The summed E-state index contributed by atoms with van der Waals surface area (Å²) in [6.45, 7) is 5.52. The topological polar surface area (TPSA) is 91.4 Å². The van der Waals surface area contributed by atoms with Crippen LogP contribution in [-0.4, -0.2) is 34.6 Å². The zero-order chi connectivity index (χ0) is 17.2. The minimum absolute atomic E-state index is 0.0213. The Hall–Kier alpha value is -2.50. The summed E-state index contributed by atoms with van der Waals surface area (Å²) in [7, 11) is 1.58. The van der Waals surface area contributed by atoms with Crippen molar-refractivity contribution in [3.8, 4) is 5.75 Å². The van der Waals surface area contributed by atoms with E-state index in [0.717, 1.165) is 10.9 Å². The number of H-pyrrole nitrogens is 1. The molecule has 1 atom stereocenters. The lowest BCUT2D eigenvalue weighted by atomic mass is 9.85. The molecule has 2 aromatic rings. The largest absolute Gasteiger partial charge is 0.497 e. The molecule has 6 nitrogen and oxygen atoms in total. The van der Waals surface area contributed by atoms with E-state index < -0.39 is 11.5 Å². The highest BCUT2D eigenvalue weighted by atomic mass is 16.5. The van der Waals surface area contributed by atoms with Crippen molar-refractivity contribution in [1.82, 2.24) is 10.3 Å². The maximum Gasteiger partial charge on any atom is 0.305 e. The van der Waals surface area contributed by atoms with Crippen molar-refractivity contribution in [2.24, 2.45) is 5.92 Å². The first kappa shape index (κ1) is 16.9. The molecule has 1 heterocycles. The third kappa shape index (κ3) is 3.64. The monoisotopic (exact) mass is 318 g/mol. The van der Waals surface area contributed by atoms with Crippen molar-refractivity contribution in [2.45, 2.75) is 32.7 Å². The Morgan fingerprint density at radius 1 is 1.35 bits per heavy atom. The van der Waals surface area contributed by atoms with Crippen molar-refractivity contribution < 1.29 is 19.4 Å². The van der Waals surface area contributed by atoms with Crippen LogP contribution in [0.2, 0.25) is 0 Å². The number of aromatic amines is 1. The number of rotatable bonds is 6. The van der Waals surface area contributed by atoms with E-state index in [-0.39, 0.29) is 18.2 Å². The fourth-order valence-corrected chi connectivity index (χ4v) is 2.39. The van der Waals surface area contributed by atoms with E-state index in [1.54, 1.807) is 20.1 Å². The Balaban J connectivity index is 2.27. The Morgan fingerprint density at radius 2 is 2.04 bits per heavy atom. The van der Waals surface area contributed by atoms with Gasteiger partial charge in [-0.1, -0.05) is 13.8 Å². The summed E-state index contributed by atoms with van der Waals surface area (Å²) >= 11 is 0. The molecule has 124 valence electrons. The molecular formula is C17H22N2O4. The van der Waals surface area contributed by atoms with Gasteiger partial charge in [0.05, 0.1) is 19.1 Å². The summed E-state index contributed by atoms with van der Waals surface area (Å²) in [6.07, 6.45) is -0.134. The second-order valence-corrected chi connectivity index (χ2v) is 6.23. The van der Waals surface area contributed by atoms with Crippen LogP contribution in [0.4, 0.5) is 0 Å². The van der Waals surface area contributed by atoms with Gasteiger partial charge in [0.15, 0.2) is 0 Å². The van der Waals surface area contributed by atoms with Gasteiger partial charge < -0.3 is 20.1 Å². The number of amides is 1. The highest BCUT2D eigenvalue weighted by molar-refractivity contribution is 5.98. The van der Waals surface area contributed by atoms with Gasteiger partial charge in [-0.25, -0.2) is 0 Å². The second-order valence-electron chi connectivity index (χ2n) is 6.23. The van der Waals surface area contributed by atoms with Crippen molar-refractivity contribution in [3.63, 3.8) is 0 Å². The van der Waals surface area contributed by atoms with Crippen molar-refractivity contribution in [1.29, 1.82) is 0 Å². The number of fused-ring (bicyclic) bond motifs is 1. The molecule has 3 N–H and O–H groups in total. The summed E-state index contributed by atoms with van der Waals surface area (Å²) in [4.78, 5) is 26.6. The van der Waals surface area contributed by atoms with E-state index in [0.29, 0.717) is 11.4 Å². The van der Waals surface area contributed by atoms with Crippen LogP contribution < -0.4 is 10.1 Å². The van der Waals surface area contributed by atoms with Gasteiger partial charge in [0, 0.05) is 10.9 Å². The van der Waals surface area contributed by atoms with Crippen molar-refractivity contribution >= 4 is 22.8 Å². The molecule has 1 unspecified atom stereocenters. The highest BCUT2D eigenvalue weighted by Gasteiger charge is 2.33. The molecule has 23 heavy (non-hydrogen) atoms. The number of benzene rings is 1. The number of hydrogen-bond acceptors (Lipinski definition) is 3. The van der Waals surface area contributed by atoms with Crippen molar-refractivity contribution in [2.75, 3.05) is 7.11 Å². The van der Waals surface area contributed by atoms with Gasteiger partial charge in [-0.2, -0.15) is 0 Å². The SMILES string of the molecule is COc1ccc2[nH]c(C(=O)NC(C)(CC(=O)O)C(C)C)cc2c1. The van der Waals surface area contributed by atoms with E-state index in [1.807, 2.05) is 32.0 Å². The number of ether oxygens (including phenoxy) is 1. The number of aliphatic carboxylic acids is 1. The van der Waals surface area contributed by atoms with Gasteiger partial charge >= 0.3 is 5.97 Å². The average Bonchev–Trinajstić information content (AvgIpc) is 2.88. The molecule has 0 aliphatic rings. The minimum atomic E-state index is -0.942. The molecule has 0 aliphatic carbocycles. The van der Waals surface area contributed by atoms with Crippen LogP contribution in [0.1, 0.15) is 37.7 Å². The number of carbonyl (C=O) groups excluding carboxylic acids is 1. The van der Waals surface area contributed by atoms with Crippen LogP contribution in [0.15, 0.2) is 24.3 Å². The summed E-state index contributed by atoms with van der Waals surface area (Å²) in [5, 5.41) is 12.8. The lowest BCUT2D eigenvalue weighted by Gasteiger charge is -2.33. The minimum Gasteiger partial charge on any atom is -0.497 e. The molecule has 1 amide bonds. The zero-order valence-corrected chi connectivity index (χ0v) is 13.8. The number of methoxy groups -OCH3 is 1. The van der Waals surface area contributed by atoms with E-state index in [9.17, 15) is 9.59 Å². The molecule has 0 fully saturated rings.